The summed E-state index contributed by atoms with van der Waals surface area (Å²) < 4.78 is 5.39. The van der Waals surface area contributed by atoms with Crippen LogP contribution in [0.5, 0.6) is 5.75 Å². The Morgan fingerprint density at radius 1 is 0.900 bits per heavy atom. The van der Waals surface area contributed by atoms with Crippen molar-refractivity contribution >= 4 is 52.3 Å². The number of hydrogen-bond donors (Lipinski definition) is 1. The molecular formula is C22H14Cl2N2O4. The molecule has 0 radical (unpaired) electrons. The average molecular weight is 441 g/mol. The first kappa shape index (κ1) is 19.9. The van der Waals surface area contributed by atoms with Crippen LogP contribution in [-0.4, -0.2) is 24.3 Å². The summed E-state index contributed by atoms with van der Waals surface area (Å²) in [5, 5.41) is 3.38. The summed E-state index contributed by atoms with van der Waals surface area (Å²) >= 11 is 12.1. The molecule has 0 fully saturated rings. The minimum Gasteiger partial charge on any atom is -0.484 e. The molecule has 6 nitrogen and oxygen atoms in total. The Hall–Kier alpha value is -3.35. The van der Waals surface area contributed by atoms with Crippen LogP contribution in [0.25, 0.3) is 0 Å². The monoisotopic (exact) mass is 440 g/mol. The smallest absolute Gasteiger partial charge is 0.266 e. The quantitative estimate of drug-likeness (QED) is 0.577. The number of ether oxygens (including phenoxy) is 1. The van der Waals surface area contributed by atoms with E-state index >= 15 is 0 Å². The molecule has 4 rings (SSSR count). The molecule has 0 saturated heterocycles. The van der Waals surface area contributed by atoms with Crippen LogP contribution in [0.4, 0.5) is 11.4 Å². The fraction of sp³-hybridized carbons (Fsp3) is 0.0455. The van der Waals surface area contributed by atoms with Gasteiger partial charge in [-0.05, 0) is 54.6 Å². The lowest BCUT2D eigenvalue weighted by atomic mass is 10.1. The molecule has 0 unspecified atom stereocenters. The lowest BCUT2D eigenvalue weighted by Gasteiger charge is -2.16. The van der Waals surface area contributed by atoms with E-state index in [9.17, 15) is 14.4 Å². The van der Waals surface area contributed by atoms with Gasteiger partial charge in [-0.25, -0.2) is 4.90 Å². The van der Waals surface area contributed by atoms with Crippen molar-refractivity contribution in [2.75, 3.05) is 16.8 Å². The summed E-state index contributed by atoms with van der Waals surface area (Å²) in [4.78, 5) is 38.4. The number of fused-ring (bicyclic) bond motifs is 1. The fourth-order valence-electron chi connectivity index (χ4n) is 3.05. The topological polar surface area (TPSA) is 75.7 Å². The standard InChI is InChI=1S/C22H14Cl2N2O4/c23-13-5-8-15(9-6-13)30-12-20(27)25-14-7-10-19(18(24)11-14)26-21(28)16-3-1-2-4-17(16)22(26)29/h1-11H,12H2,(H,25,27). The second-order valence-electron chi connectivity index (χ2n) is 6.45. The zero-order valence-electron chi connectivity index (χ0n) is 15.4. The molecule has 1 aliphatic heterocycles. The van der Waals surface area contributed by atoms with Gasteiger partial charge >= 0.3 is 0 Å². The fourth-order valence-corrected chi connectivity index (χ4v) is 3.44. The summed E-state index contributed by atoms with van der Waals surface area (Å²) in [6.45, 7) is -0.209. The van der Waals surface area contributed by atoms with E-state index in [4.69, 9.17) is 27.9 Å². The number of hydrogen-bond acceptors (Lipinski definition) is 4. The molecule has 0 atom stereocenters. The lowest BCUT2D eigenvalue weighted by Crippen LogP contribution is -2.29. The van der Waals surface area contributed by atoms with Gasteiger partial charge in [0.2, 0.25) is 0 Å². The van der Waals surface area contributed by atoms with E-state index in [-0.39, 0.29) is 17.3 Å². The largest absolute Gasteiger partial charge is 0.484 e. The van der Waals surface area contributed by atoms with Crippen molar-refractivity contribution in [2.24, 2.45) is 0 Å². The maximum absolute atomic E-state index is 12.6. The van der Waals surface area contributed by atoms with Gasteiger partial charge in [-0.1, -0.05) is 35.3 Å². The van der Waals surface area contributed by atoms with Crippen molar-refractivity contribution in [2.45, 2.75) is 0 Å². The minimum absolute atomic E-state index is 0.154. The van der Waals surface area contributed by atoms with E-state index < -0.39 is 17.7 Å². The molecule has 0 saturated carbocycles. The van der Waals surface area contributed by atoms with E-state index in [0.29, 0.717) is 27.6 Å². The van der Waals surface area contributed by atoms with Gasteiger partial charge in [0, 0.05) is 10.7 Å². The van der Waals surface area contributed by atoms with Gasteiger partial charge in [-0.3, -0.25) is 14.4 Å². The highest BCUT2D eigenvalue weighted by atomic mass is 35.5. The first-order valence-corrected chi connectivity index (χ1v) is 9.65. The molecule has 1 N–H and O–H groups in total. The molecule has 1 aliphatic rings. The van der Waals surface area contributed by atoms with Crippen molar-refractivity contribution in [1.82, 2.24) is 0 Å². The Morgan fingerprint density at radius 2 is 1.53 bits per heavy atom. The van der Waals surface area contributed by atoms with Crippen molar-refractivity contribution < 1.29 is 19.1 Å². The number of imide groups is 1. The molecule has 1 heterocycles. The predicted octanol–water partition coefficient (Wildman–Crippen LogP) is 4.81. The summed E-state index contributed by atoms with van der Waals surface area (Å²) in [7, 11) is 0. The Balaban J connectivity index is 1.45. The van der Waals surface area contributed by atoms with Crippen LogP contribution < -0.4 is 15.0 Å². The van der Waals surface area contributed by atoms with Crippen molar-refractivity contribution in [3.8, 4) is 5.75 Å². The third kappa shape index (κ3) is 3.87. The molecule has 0 spiro atoms. The Morgan fingerprint density at radius 3 is 2.13 bits per heavy atom. The van der Waals surface area contributed by atoms with E-state index in [1.54, 1.807) is 54.6 Å². The molecule has 30 heavy (non-hydrogen) atoms. The number of carbonyl (C=O) groups excluding carboxylic acids is 3. The van der Waals surface area contributed by atoms with E-state index in [2.05, 4.69) is 5.32 Å². The maximum Gasteiger partial charge on any atom is 0.266 e. The van der Waals surface area contributed by atoms with Crippen LogP contribution in [0.15, 0.2) is 66.7 Å². The van der Waals surface area contributed by atoms with E-state index in [1.165, 1.54) is 12.1 Å². The van der Waals surface area contributed by atoms with Gasteiger partial charge in [-0.15, -0.1) is 0 Å². The van der Waals surface area contributed by atoms with Crippen LogP contribution in [0.2, 0.25) is 10.0 Å². The molecular weight excluding hydrogens is 427 g/mol. The highest BCUT2D eigenvalue weighted by Crippen LogP contribution is 2.34. The van der Waals surface area contributed by atoms with Crippen LogP contribution in [0, 0.1) is 0 Å². The second-order valence-corrected chi connectivity index (χ2v) is 7.29. The lowest BCUT2D eigenvalue weighted by molar-refractivity contribution is -0.118. The van der Waals surface area contributed by atoms with Crippen LogP contribution in [0.1, 0.15) is 20.7 Å². The predicted molar refractivity (Wildman–Crippen MR) is 115 cm³/mol. The summed E-state index contributed by atoms with van der Waals surface area (Å²) in [6, 6.07) is 17.8. The van der Waals surface area contributed by atoms with Crippen LogP contribution in [0.3, 0.4) is 0 Å². The third-order valence-corrected chi connectivity index (χ3v) is 5.00. The number of anilines is 2. The molecule has 0 aliphatic carbocycles. The van der Waals surface area contributed by atoms with Crippen molar-refractivity contribution in [3.05, 3.63) is 87.9 Å². The summed E-state index contributed by atoms with van der Waals surface area (Å²) in [5.41, 5.74) is 1.31. The maximum atomic E-state index is 12.6. The number of carbonyl (C=O) groups is 3. The van der Waals surface area contributed by atoms with Crippen LogP contribution in [-0.2, 0) is 4.79 Å². The summed E-state index contributed by atoms with van der Waals surface area (Å²) in [6.07, 6.45) is 0. The first-order valence-electron chi connectivity index (χ1n) is 8.89. The molecule has 0 bridgehead atoms. The molecule has 8 heteroatoms. The summed E-state index contributed by atoms with van der Waals surface area (Å²) in [5.74, 6) is -0.764. The van der Waals surface area contributed by atoms with Gasteiger partial charge < -0.3 is 10.1 Å². The van der Waals surface area contributed by atoms with Crippen LogP contribution >= 0.6 is 23.2 Å². The SMILES string of the molecule is O=C(COc1ccc(Cl)cc1)Nc1ccc(N2C(=O)c3ccccc3C2=O)c(Cl)c1. The number of rotatable bonds is 5. The first-order chi connectivity index (χ1) is 14.4. The van der Waals surface area contributed by atoms with E-state index in [0.717, 1.165) is 4.90 Å². The van der Waals surface area contributed by atoms with Gasteiger partial charge in [0.05, 0.1) is 21.8 Å². The highest BCUT2D eigenvalue weighted by molar-refractivity contribution is 6.40. The second kappa shape index (κ2) is 8.18. The normalized spacial score (nSPS) is 12.7. The number of benzene rings is 3. The number of nitrogens with zero attached hydrogens (tertiary/aromatic N) is 1. The minimum atomic E-state index is -0.439. The van der Waals surface area contributed by atoms with Crippen molar-refractivity contribution in [3.63, 3.8) is 0 Å². The number of nitrogens with one attached hydrogen (secondary N) is 1. The third-order valence-electron chi connectivity index (χ3n) is 4.45. The van der Waals surface area contributed by atoms with Gasteiger partial charge in [0.25, 0.3) is 17.7 Å². The molecule has 3 amide bonds. The Labute approximate surface area is 182 Å². The average Bonchev–Trinajstić information content (AvgIpc) is 2.99. The molecule has 0 aromatic heterocycles. The highest BCUT2D eigenvalue weighted by Gasteiger charge is 2.37. The van der Waals surface area contributed by atoms with Gasteiger partial charge in [0.15, 0.2) is 6.61 Å². The molecule has 3 aromatic rings. The van der Waals surface area contributed by atoms with E-state index in [1.807, 2.05) is 0 Å². The molecule has 150 valence electrons. The number of amides is 3. The van der Waals surface area contributed by atoms with Gasteiger partial charge in [0.1, 0.15) is 5.75 Å². The molecule has 3 aromatic carbocycles. The van der Waals surface area contributed by atoms with Crippen molar-refractivity contribution in [1.29, 1.82) is 0 Å². The zero-order chi connectivity index (χ0) is 21.3. The number of halogens is 2. The Kier molecular flexibility index (Phi) is 5.44. The zero-order valence-corrected chi connectivity index (χ0v) is 16.9. The van der Waals surface area contributed by atoms with Gasteiger partial charge in [-0.2, -0.15) is 0 Å². The Bertz CT molecular complexity index is 1130.